The molecule has 1 heterocycles. The molecule has 0 radical (unpaired) electrons. The number of nitrogens with one attached hydrogen (secondary N) is 2. The summed E-state index contributed by atoms with van der Waals surface area (Å²) in [6.45, 7) is 4.89. The van der Waals surface area contributed by atoms with Gasteiger partial charge in [-0.05, 0) is 38.1 Å². The van der Waals surface area contributed by atoms with Gasteiger partial charge < -0.3 is 20.4 Å². The van der Waals surface area contributed by atoms with Crippen LogP contribution in [-0.4, -0.2) is 47.0 Å². The maximum absolute atomic E-state index is 12.6. The maximum Gasteiger partial charge on any atom is 0.322 e. The number of rotatable bonds is 2. The number of anilines is 2. The zero-order valence-corrected chi connectivity index (χ0v) is 15.1. The fourth-order valence-electron chi connectivity index (χ4n) is 3.13. The van der Waals surface area contributed by atoms with E-state index in [0.717, 1.165) is 11.4 Å². The van der Waals surface area contributed by atoms with Gasteiger partial charge >= 0.3 is 12.1 Å². The van der Waals surface area contributed by atoms with Crippen molar-refractivity contribution in [3.8, 4) is 0 Å². The van der Waals surface area contributed by atoms with E-state index in [1.54, 1.807) is 9.80 Å². The Morgan fingerprint density at radius 3 is 1.42 bits per heavy atom. The van der Waals surface area contributed by atoms with E-state index in [9.17, 15) is 9.59 Å². The number of hydrogen-bond acceptors (Lipinski definition) is 2. The van der Waals surface area contributed by atoms with Crippen LogP contribution in [0.2, 0.25) is 0 Å². The maximum atomic E-state index is 12.6. The molecule has 2 unspecified atom stereocenters. The number of amides is 4. The van der Waals surface area contributed by atoms with Crippen LogP contribution >= 0.6 is 0 Å². The highest BCUT2D eigenvalue weighted by molar-refractivity contribution is 5.91. The van der Waals surface area contributed by atoms with Crippen molar-refractivity contribution in [1.29, 1.82) is 0 Å². The van der Waals surface area contributed by atoms with Gasteiger partial charge in [-0.2, -0.15) is 0 Å². The smallest absolute Gasteiger partial charge is 0.318 e. The largest absolute Gasteiger partial charge is 0.322 e. The third-order valence-electron chi connectivity index (χ3n) is 4.56. The van der Waals surface area contributed by atoms with Crippen LogP contribution in [0, 0.1) is 0 Å². The predicted molar refractivity (Wildman–Crippen MR) is 103 cm³/mol. The molecule has 3 rings (SSSR count). The fourth-order valence-corrected chi connectivity index (χ4v) is 3.13. The Hall–Kier alpha value is -3.02. The number of piperazine rings is 1. The van der Waals surface area contributed by atoms with Crippen molar-refractivity contribution in [3.05, 3.63) is 60.7 Å². The number of carbonyl (C=O) groups is 2. The van der Waals surface area contributed by atoms with Crippen LogP contribution in [-0.2, 0) is 0 Å². The van der Waals surface area contributed by atoms with Crippen molar-refractivity contribution < 1.29 is 9.59 Å². The van der Waals surface area contributed by atoms with Gasteiger partial charge in [0.1, 0.15) is 0 Å². The van der Waals surface area contributed by atoms with Crippen molar-refractivity contribution in [3.63, 3.8) is 0 Å². The molecule has 2 N–H and O–H groups in total. The lowest BCUT2D eigenvalue weighted by Crippen LogP contribution is -2.61. The summed E-state index contributed by atoms with van der Waals surface area (Å²) in [7, 11) is 0. The van der Waals surface area contributed by atoms with Gasteiger partial charge in [-0.3, -0.25) is 0 Å². The first-order chi connectivity index (χ1) is 12.5. The van der Waals surface area contributed by atoms with Gasteiger partial charge in [-0.15, -0.1) is 0 Å². The zero-order valence-electron chi connectivity index (χ0n) is 15.1. The van der Waals surface area contributed by atoms with Crippen molar-refractivity contribution in [2.45, 2.75) is 25.9 Å². The number of carbonyl (C=O) groups excluding carboxylic acids is 2. The SMILES string of the molecule is CC1CN(C(=O)Nc2ccccc2)C(C)CN1C(=O)Nc1ccccc1. The summed E-state index contributed by atoms with van der Waals surface area (Å²) in [5.74, 6) is 0. The first kappa shape index (κ1) is 17.8. The van der Waals surface area contributed by atoms with E-state index in [1.165, 1.54) is 0 Å². The van der Waals surface area contributed by atoms with E-state index < -0.39 is 0 Å². The molecule has 6 nitrogen and oxygen atoms in total. The standard InChI is InChI=1S/C20H24N4O2/c1-15-13-24(20(26)22-18-11-7-4-8-12-18)16(2)14-23(15)19(25)21-17-9-5-3-6-10-17/h3-12,15-16H,13-14H2,1-2H3,(H,21,25)(H,22,26). The molecule has 2 atom stereocenters. The highest BCUT2D eigenvalue weighted by atomic mass is 16.2. The molecule has 1 aliphatic rings. The zero-order chi connectivity index (χ0) is 18.5. The fraction of sp³-hybridized carbons (Fsp3) is 0.300. The molecule has 0 saturated carbocycles. The van der Waals surface area contributed by atoms with Gasteiger partial charge in [-0.25, -0.2) is 9.59 Å². The molecule has 6 heteroatoms. The lowest BCUT2D eigenvalue weighted by molar-refractivity contribution is 0.0917. The van der Waals surface area contributed by atoms with Crippen molar-refractivity contribution in [2.75, 3.05) is 23.7 Å². The summed E-state index contributed by atoms with van der Waals surface area (Å²) < 4.78 is 0. The summed E-state index contributed by atoms with van der Waals surface area (Å²) in [5.41, 5.74) is 1.53. The Morgan fingerprint density at radius 1 is 0.731 bits per heavy atom. The number of urea groups is 2. The van der Waals surface area contributed by atoms with Crippen LogP contribution in [0.1, 0.15) is 13.8 Å². The molecule has 1 fully saturated rings. The monoisotopic (exact) mass is 352 g/mol. The Morgan fingerprint density at radius 2 is 1.08 bits per heavy atom. The second-order valence-corrected chi connectivity index (χ2v) is 6.60. The molecule has 4 amide bonds. The molecule has 0 bridgehead atoms. The van der Waals surface area contributed by atoms with Crippen LogP contribution in [0.3, 0.4) is 0 Å². The Labute approximate surface area is 153 Å². The average molecular weight is 352 g/mol. The second kappa shape index (κ2) is 7.91. The molecular formula is C20H24N4O2. The second-order valence-electron chi connectivity index (χ2n) is 6.60. The van der Waals surface area contributed by atoms with Crippen molar-refractivity contribution in [1.82, 2.24) is 9.80 Å². The summed E-state index contributed by atoms with van der Waals surface area (Å²) in [6, 6.07) is 18.3. The summed E-state index contributed by atoms with van der Waals surface area (Å²) in [5, 5.41) is 5.83. The number of para-hydroxylation sites is 2. The summed E-state index contributed by atoms with van der Waals surface area (Å²) in [4.78, 5) is 28.7. The van der Waals surface area contributed by atoms with E-state index in [1.807, 2.05) is 74.5 Å². The Kier molecular flexibility index (Phi) is 5.41. The van der Waals surface area contributed by atoms with E-state index >= 15 is 0 Å². The van der Waals surface area contributed by atoms with Gasteiger partial charge in [0.25, 0.3) is 0 Å². The quantitative estimate of drug-likeness (QED) is 0.862. The van der Waals surface area contributed by atoms with E-state index in [0.29, 0.717) is 13.1 Å². The molecule has 2 aromatic rings. The Balaban J connectivity index is 1.61. The summed E-state index contributed by atoms with van der Waals surface area (Å²) in [6.07, 6.45) is 0. The molecule has 136 valence electrons. The van der Waals surface area contributed by atoms with Gasteiger partial charge in [0, 0.05) is 36.5 Å². The lowest BCUT2D eigenvalue weighted by atomic mass is 10.1. The van der Waals surface area contributed by atoms with Gasteiger partial charge in [0.05, 0.1) is 0 Å². The molecule has 0 spiro atoms. The average Bonchev–Trinajstić information content (AvgIpc) is 2.64. The molecule has 1 aliphatic heterocycles. The minimum absolute atomic E-state index is 0.0727. The van der Waals surface area contributed by atoms with Crippen molar-refractivity contribution in [2.24, 2.45) is 0 Å². The van der Waals surface area contributed by atoms with Crippen LogP contribution in [0.5, 0.6) is 0 Å². The van der Waals surface area contributed by atoms with Crippen LogP contribution in [0.25, 0.3) is 0 Å². The molecule has 1 saturated heterocycles. The molecule has 0 aromatic heterocycles. The highest BCUT2D eigenvalue weighted by Gasteiger charge is 2.34. The van der Waals surface area contributed by atoms with Crippen LogP contribution in [0.4, 0.5) is 21.0 Å². The van der Waals surface area contributed by atoms with E-state index in [4.69, 9.17) is 0 Å². The number of nitrogens with zero attached hydrogens (tertiary/aromatic N) is 2. The normalized spacial score (nSPS) is 19.8. The topological polar surface area (TPSA) is 64.7 Å². The third-order valence-corrected chi connectivity index (χ3v) is 4.56. The third kappa shape index (κ3) is 4.14. The minimum atomic E-state index is -0.140. The minimum Gasteiger partial charge on any atom is -0.318 e. The molecule has 0 aliphatic carbocycles. The Bertz CT molecular complexity index is 685. The predicted octanol–water partition coefficient (Wildman–Crippen LogP) is 3.85. The molecule has 26 heavy (non-hydrogen) atoms. The van der Waals surface area contributed by atoms with Crippen LogP contribution < -0.4 is 10.6 Å². The highest BCUT2D eigenvalue weighted by Crippen LogP contribution is 2.18. The van der Waals surface area contributed by atoms with Crippen LogP contribution in [0.15, 0.2) is 60.7 Å². The van der Waals surface area contributed by atoms with E-state index in [-0.39, 0.29) is 24.1 Å². The van der Waals surface area contributed by atoms with E-state index in [2.05, 4.69) is 10.6 Å². The number of benzene rings is 2. The molecular weight excluding hydrogens is 328 g/mol. The lowest BCUT2D eigenvalue weighted by Gasteiger charge is -2.43. The first-order valence-corrected chi connectivity index (χ1v) is 8.80. The first-order valence-electron chi connectivity index (χ1n) is 8.80. The molecule has 2 aromatic carbocycles. The van der Waals surface area contributed by atoms with Gasteiger partial charge in [-0.1, -0.05) is 36.4 Å². The number of hydrogen-bond donors (Lipinski definition) is 2. The van der Waals surface area contributed by atoms with Gasteiger partial charge in [0.15, 0.2) is 0 Å². The van der Waals surface area contributed by atoms with Gasteiger partial charge in [0.2, 0.25) is 0 Å². The van der Waals surface area contributed by atoms with Crippen molar-refractivity contribution >= 4 is 23.4 Å². The summed E-state index contributed by atoms with van der Waals surface area (Å²) >= 11 is 0.